The lowest BCUT2D eigenvalue weighted by atomic mass is 10.2. The summed E-state index contributed by atoms with van der Waals surface area (Å²) < 4.78 is 5.23. The Bertz CT molecular complexity index is 727. The number of benzene rings is 2. The summed E-state index contributed by atoms with van der Waals surface area (Å²) in [7, 11) is 0. The van der Waals surface area contributed by atoms with Gasteiger partial charge in [-0.2, -0.15) is 0 Å². The third-order valence-corrected chi connectivity index (χ3v) is 2.96. The minimum Gasteiger partial charge on any atom is -0.494 e. The molecule has 0 atom stereocenters. The monoisotopic (exact) mass is 312 g/mol. The van der Waals surface area contributed by atoms with Crippen molar-refractivity contribution in [2.45, 2.75) is 6.92 Å². The van der Waals surface area contributed by atoms with Gasteiger partial charge in [-0.25, -0.2) is 0 Å². The van der Waals surface area contributed by atoms with Gasteiger partial charge in [0.05, 0.1) is 17.6 Å². The Labute approximate surface area is 133 Å². The van der Waals surface area contributed by atoms with Crippen LogP contribution in [-0.4, -0.2) is 17.4 Å². The molecule has 6 nitrogen and oxygen atoms in total. The van der Waals surface area contributed by atoms with Crippen molar-refractivity contribution in [3.8, 4) is 5.75 Å². The average molecular weight is 312 g/mol. The van der Waals surface area contributed by atoms with E-state index in [1.54, 1.807) is 19.1 Å². The molecule has 0 fully saturated rings. The van der Waals surface area contributed by atoms with E-state index in [1.165, 1.54) is 18.2 Å². The van der Waals surface area contributed by atoms with Gasteiger partial charge in [0, 0.05) is 6.08 Å². The first-order chi connectivity index (χ1) is 11.1. The van der Waals surface area contributed by atoms with Gasteiger partial charge in [-0.3, -0.25) is 14.9 Å². The molecule has 0 unspecified atom stereocenters. The zero-order valence-electron chi connectivity index (χ0n) is 12.6. The Morgan fingerprint density at radius 3 is 2.65 bits per heavy atom. The molecule has 0 heterocycles. The van der Waals surface area contributed by atoms with Crippen molar-refractivity contribution in [3.05, 3.63) is 70.3 Å². The summed E-state index contributed by atoms with van der Waals surface area (Å²) in [4.78, 5) is 22.5. The van der Waals surface area contributed by atoms with Crippen molar-refractivity contribution in [1.29, 1.82) is 0 Å². The molecule has 0 spiro atoms. The van der Waals surface area contributed by atoms with Crippen LogP contribution in [0.25, 0.3) is 6.08 Å². The van der Waals surface area contributed by atoms with E-state index < -0.39 is 10.8 Å². The third kappa shape index (κ3) is 4.67. The number of rotatable bonds is 6. The molecular formula is C17H16N2O4. The van der Waals surface area contributed by atoms with Crippen molar-refractivity contribution < 1.29 is 14.5 Å². The van der Waals surface area contributed by atoms with Crippen LogP contribution in [0.15, 0.2) is 54.6 Å². The van der Waals surface area contributed by atoms with Gasteiger partial charge in [0.2, 0.25) is 5.91 Å². The van der Waals surface area contributed by atoms with Crippen molar-refractivity contribution in [2.24, 2.45) is 0 Å². The topological polar surface area (TPSA) is 81.5 Å². The Morgan fingerprint density at radius 2 is 2.00 bits per heavy atom. The second-order valence-corrected chi connectivity index (χ2v) is 4.60. The number of hydrogen-bond acceptors (Lipinski definition) is 4. The Hall–Kier alpha value is -3.15. The maximum atomic E-state index is 11.9. The van der Waals surface area contributed by atoms with Crippen LogP contribution in [0.1, 0.15) is 12.5 Å². The van der Waals surface area contributed by atoms with Crippen LogP contribution >= 0.6 is 0 Å². The van der Waals surface area contributed by atoms with Gasteiger partial charge in [-0.15, -0.1) is 0 Å². The first-order valence-electron chi connectivity index (χ1n) is 7.05. The number of anilines is 1. The molecular weight excluding hydrogens is 296 g/mol. The molecule has 0 saturated carbocycles. The Balaban J connectivity index is 2.14. The fourth-order valence-corrected chi connectivity index (χ4v) is 1.94. The number of nitrogens with zero attached hydrogens (tertiary/aromatic N) is 1. The van der Waals surface area contributed by atoms with E-state index in [9.17, 15) is 14.9 Å². The molecule has 0 saturated heterocycles. The van der Waals surface area contributed by atoms with Crippen LogP contribution < -0.4 is 10.1 Å². The highest BCUT2D eigenvalue weighted by Gasteiger charge is 2.16. The first-order valence-corrected chi connectivity index (χ1v) is 7.05. The molecule has 118 valence electrons. The van der Waals surface area contributed by atoms with Crippen molar-refractivity contribution in [2.75, 3.05) is 11.9 Å². The fraction of sp³-hybridized carbons (Fsp3) is 0.118. The zero-order valence-corrected chi connectivity index (χ0v) is 12.6. The molecule has 0 bridgehead atoms. The highest BCUT2D eigenvalue weighted by molar-refractivity contribution is 6.03. The minimum atomic E-state index is -0.557. The predicted molar refractivity (Wildman–Crippen MR) is 88.4 cm³/mol. The number of hydrogen-bond donors (Lipinski definition) is 1. The lowest BCUT2D eigenvalue weighted by molar-refractivity contribution is -0.384. The number of carbonyl (C=O) groups excluding carboxylic acids is 1. The van der Waals surface area contributed by atoms with Gasteiger partial charge in [-0.1, -0.05) is 30.3 Å². The predicted octanol–water partition coefficient (Wildman–Crippen LogP) is 3.65. The summed E-state index contributed by atoms with van der Waals surface area (Å²) >= 11 is 0. The molecule has 2 aromatic carbocycles. The molecule has 0 aliphatic rings. The summed E-state index contributed by atoms with van der Waals surface area (Å²) in [5.41, 5.74) is 0.780. The fourth-order valence-electron chi connectivity index (χ4n) is 1.94. The first kappa shape index (κ1) is 16.2. The van der Waals surface area contributed by atoms with Crippen LogP contribution in [0.5, 0.6) is 5.75 Å². The normalized spacial score (nSPS) is 10.5. The summed E-state index contributed by atoms with van der Waals surface area (Å²) in [5, 5.41) is 13.6. The summed E-state index contributed by atoms with van der Waals surface area (Å²) in [6.45, 7) is 2.19. The quantitative estimate of drug-likeness (QED) is 0.501. The Kier molecular flexibility index (Phi) is 5.46. The van der Waals surface area contributed by atoms with Gasteiger partial charge in [0.1, 0.15) is 11.4 Å². The highest BCUT2D eigenvalue weighted by atomic mass is 16.6. The number of ether oxygens (including phenoxy) is 1. The maximum Gasteiger partial charge on any atom is 0.296 e. The maximum absolute atomic E-state index is 11.9. The number of nitro benzene ring substituents is 1. The number of nitrogens with one attached hydrogen (secondary N) is 1. The van der Waals surface area contributed by atoms with E-state index >= 15 is 0 Å². The van der Waals surface area contributed by atoms with Crippen LogP contribution in [0.4, 0.5) is 11.4 Å². The van der Waals surface area contributed by atoms with Crippen molar-refractivity contribution in [3.63, 3.8) is 0 Å². The van der Waals surface area contributed by atoms with Crippen molar-refractivity contribution >= 4 is 23.4 Å². The van der Waals surface area contributed by atoms with Crippen LogP contribution in [0.2, 0.25) is 0 Å². The third-order valence-electron chi connectivity index (χ3n) is 2.96. The molecule has 0 aliphatic carbocycles. The van der Waals surface area contributed by atoms with Gasteiger partial charge in [-0.05, 0) is 30.7 Å². The second-order valence-electron chi connectivity index (χ2n) is 4.60. The second kappa shape index (κ2) is 7.74. The van der Waals surface area contributed by atoms with E-state index in [4.69, 9.17) is 4.74 Å². The largest absolute Gasteiger partial charge is 0.494 e. The molecule has 2 aromatic rings. The van der Waals surface area contributed by atoms with Gasteiger partial charge < -0.3 is 10.1 Å². The molecule has 6 heteroatoms. The van der Waals surface area contributed by atoms with E-state index in [2.05, 4.69) is 5.32 Å². The summed E-state index contributed by atoms with van der Waals surface area (Å²) in [6, 6.07) is 13.6. The van der Waals surface area contributed by atoms with E-state index in [0.717, 1.165) is 5.56 Å². The van der Waals surface area contributed by atoms with Crippen LogP contribution in [-0.2, 0) is 4.79 Å². The zero-order chi connectivity index (χ0) is 16.7. The highest BCUT2D eigenvalue weighted by Crippen LogP contribution is 2.29. The van der Waals surface area contributed by atoms with Crippen molar-refractivity contribution in [1.82, 2.24) is 0 Å². The lowest BCUT2D eigenvalue weighted by Gasteiger charge is -2.07. The number of nitro groups is 1. The van der Waals surface area contributed by atoms with Gasteiger partial charge in [0.25, 0.3) is 5.69 Å². The number of amides is 1. The summed E-state index contributed by atoms with van der Waals surface area (Å²) in [6.07, 6.45) is 2.96. The molecule has 2 rings (SSSR count). The molecule has 23 heavy (non-hydrogen) atoms. The smallest absolute Gasteiger partial charge is 0.296 e. The van der Waals surface area contributed by atoms with Gasteiger partial charge in [0.15, 0.2) is 0 Å². The van der Waals surface area contributed by atoms with Crippen LogP contribution in [0, 0.1) is 10.1 Å². The Morgan fingerprint density at radius 1 is 1.26 bits per heavy atom. The van der Waals surface area contributed by atoms with E-state index in [1.807, 2.05) is 30.3 Å². The molecule has 0 radical (unpaired) electrons. The standard InChI is InChI=1S/C17H16N2O4/c1-2-23-14-9-10-15(16(12-14)19(21)22)18-17(20)11-8-13-6-4-3-5-7-13/h3-12H,2H2,1H3,(H,18,20)/b11-8+. The summed E-state index contributed by atoms with van der Waals surface area (Å²) in [5.74, 6) is -0.0573. The molecule has 1 N–H and O–H groups in total. The minimum absolute atomic E-state index is 0.126. The molecule has 0 aliphatic heterocycles. The number of carbonyl (C=O) groups is 1. The van der Waals surface area contributed by atoms with Crippen LogP contribution in [0.3, 0.4) is 0 Å². The molecule has 1 amide bonds. The van der Waals surface area contributed by atoms with E-state index in [0.29, 0.717) is 12.4 Å². The lowest BCUT2D eigenvalue weighted by Crippen LogP contribution is -2.09. The SMILES string of the molecule is CCOc1ccc(NC(=O)/C=C/c2ccccc2)c([N+](=O)[O-])c1. The molecule has 0 aromatic heterocycles. The van der Waals surface area contributed by atoms with Gasteiger partial charge >= 0.3 is 0 Å². The van der Waals surface area contributed by atoms with E-state index in [-0.39, 0.29) is 11.4 Å². The average Bonchev–Trinajstić information content (AvgIpc) is 2.55.